The molecule has 20 heavy (non-hydrogen) atoms. The molecule has 2 unspecified atom stereocenters. The van der Waals surface area contributed by atoms with Gasteiger partial charge in [0.05, 0.1) is 12.1 Å². The van der Waals surface area contributed by atoms with Gasteiger partial charge < -0.3 is 10.1 Å². The zero-order valence-electron chi connectivity index (χ0n) is 13.2. The lowest BCUT2D eigenvalue weighted by Crippen LogP contribution is -2.33. The van der Waals surface area contributed by atoms with Gasteiger partial charge in [-0.05, 0) is 56.2 Å². The first-order valence-electron chi connectivity index (χ1n) is 8.18. The molecule has 0 aliphatic heterocycles. The number of ether oxygens (including phenoxy) is 1. The van der Waals surface area contributed by atoms with Crippen molar-refractivity contribution >= 4 is 0 Å². The van der Waals surface area contributed by atoms with Crippen molar-refractivity contribution in [1.82, 2.24) is 5.32 Å². The van der Waals surface area contributed by atoms with Crippen molar-refractivity contribution in [3.05, 3.63) is 35.4 Å². The highest BCUT2D eigenvalue weighted by Gasteiger charge is 2.25. The van der Waals surface area contributed by atoms with Crippen LogP contribution in [0, 0.1) is 5.92 Å². The predicted molar refractivity (Wildman–Crippen MR) is 85.0 cm³/mol. The fourth-order valence-electron chi connectivity index (χ4n) is 2.48. The summed E-state index contributed by atoms with van der Waals surface area (Å²) >= 11 is 0. The monoisotopic (exact) mass is 275 g/mol. The van der Waals surface area contributed by atoms with Gasteiger partial charge in [0.1, 0.15) is 0 Å². The lowest BCUT2D eigenvalue weighted by Gasteiger charge is -2.26. The summed E-state index contributed by atoms with van der Waals surface area (Å²) < 4.78 is 6.07. The molecule has 1 aromatic rings. The van der Waals surface area contributed by atoms with Crippen molar-refractivity contribution in [2.75, 3.05) is 13.2 Å². The van der Waals surface area contributed by atoms with Crippen LogP contribution in [0.3, 0.4) is 0 Å². The van der Waals surface area contributed by atoms with Gasteiger partial charge in [0.2, 0.25) is 0 Å². The molecule has 1 aromatic carbocycles. The molecule has 1 N–H and O–H groups in total. The van der Waals surface area contributed by atoms with Crippen molar-refractivity contribution in [3.8, 4) is 0 Å². The van der Waals surface area contributed by atoms with Gasteiger partial charge in [-0.2, -0.15) is 0 Å². The van der Waals surface area contributed by atoms with E-state index in [1.807, 2.05) is 0 Å². The number of aryl methyl sites for hydroxylation is 1. The van der Waals surface area contributed by atoms with Gasteiger partial charge in [0.15, 0.2) is 0 Å². The predicted octanol–water partition coefficient (Wildman–Crippen LogP) is 4.10. The molecule has 0 heterocycles. The number of nitrogens with one attached hydrogen (secondary N) is 1. The Labute approximate surface area is 123 Å². The third-order valence-corrected chi connectivity index (χ3v) is 4.12. The molecule has 0 amide bonds. The fraction of sp³-hybridized carbons (Fsp3) is 0.667. The van der Waals surface area contributed by atoms with Gasteiger partial charge in [-0.1, -0.05) is 38.1 Å². The minimum absolute atomic E-state index is 0.231. The molecule has 0 aromatic heterocycles. The van der Waals surface area contributed by atoms with E-state index in [0.717, 1.165) is 31.9 Å². The minimum Gasteiger partial charge on any atom is -0.376 e. The Morgan fingerprint density at radius 3 is 2.45 bits per heavy atom. The highest BCUT2D eigenvalue weighted by molar-refractivity contribution is 5.25. The summed E-state index contributed by atoms with van der Waals surface area (Å²) in [6.07, 6.45) is 5.19. The Hall–Kier alpha value is -0.860. The number of rotatable bonds is 9. The number of hydrogen-bond donors (Lipinski definition) is 1. The van der Waals surface area contributed by atoms with E-state index in [9.17, 15) is 0 Å². The van der Waals surface area contributed by atoms with E-state index in [0.29, 0.717) is 6.04 Å². The summed E-state index contributed by atoms with van der Waals surface area (Å²) in [6, 6.07) is 9.29. The van der Waals surface area contributed by atoms with Gasteiger partial charge in [0.25, 0.3) is 0 Å². The van der Waals surface area contributed by atoms with Crippen molar-refractivity contribution in [2.45, 2.75) is 58.6 Å². The quantitative estimate of drug-likeness (QED) is 0.732. The molecule has 0 radical (unpaired) electrons. The molecule has 2 nitrogen and oxygen atoms in total. The third kappa shape index (κ3) is 4.60. The summed E-state index contributed by atoms with van der Waals surface area (Å²) in [5.41, 5.74) is 2.74. The van der Waals surface area contributed by atoms with Gasteiger partial charge in [0, 0.05) is 6.61 Å². The highest BCUT2D eigenvalue weighted by atomic mass is 16.5. The van der Waals surface area contributed by atoms with E-state index in [1.54, 1.807) is 0 Å². The van der Waals surface area contributed by atoms with Gasteiger partial charge in [-0.15, -0.1) is 0 Å². The van der Waals surface area contributed by atoms with Crippen LogP contribution >= 0.6 is 0 Å². The first kappa shape index (κ1) is 15.5. The first-order valence-corrected chi connectivity index (χ1v) is 8.18. The van der Waals surface area contributed by atoms with Crippen LogP contribution in [0.5, 0.6) is 0 Å². The van der Waals surface area contributed by atoms with E-state index < -0.39 is 0 Å². The van der Waals surface area contributed by atoms with Gasteiger partial charge in [-0.25, -0.2) is 0 Å². The Balaban J connectivity index is 1.99. The topological polar surface area (TPSA) is 21.3 Å². The normalized spacial score (nSPS) is 17.9. The lowest BCUT2D eigenvalue weighted by molar-refractivity contribution is 0.0319. The molecule has 1 aliphatic carbocycles. The Morgan fingerprint density at radius 2 is 1.90 bits per heavy atom. The van der Waals surface area contributed by atoms with Crippen LogP contribution in [0.4, 0.5) is 0 Å². The second-order valence-corrected chi connectivity index (χ2v) is 6.01. The largest absolute Gasteiger partial charge is 0.376 e. The van der Waals surface area contributed by atoms with Crippen LogP contribution in [0.1, 0.15) is 57.2 Å². The Morgan fingerprint density at radius 1 is 1.20 bits per heavy atom. The molecule has 0 spiro atoms. The number of benzene rings is 1. The average Bonchev–Trinajstić information content (AvgIpc) is 3.30. The lowest BCUT2D eigenvalue weighted by atomic mass is 10.00. The van der Waals surface area contributed by atoms with Gasteiger partial charge in [-0.3, -0.25) is 0 Å². The zero-order chi connectivity index (χ0) is 14.4. The van der Waals surface area contributed by atoms with E-state index in [1.165, 1.54) is 24.0 Å². The minimum atomic E-state index is 0.231. The SMILES string of the molecule is CCCNC(c1ccc(CC)cc1)C(C)OCC1CC1. The van der Waals surface area contributed by atoms with Crippen LogP contribution in [0.15, 0.2) is 24.3 Å². The van der Waals surface area contributed by atoms with E-state index in [-0.39, 0.29) is 6.10 Å². The summed E-state index contributed by atoms with van der Waals surface area (Å²) in [5.74, 6) is 0.826. The molecule has 2 heteroatoms. The molecular weight excluding hydrogens is 246 g/mol. The van der Waals surface area contributed by atoms with Crippen molar-refractivity contribution in [2.24, 2.45) is 5.92 Å². The maximum atomic E-state index is 6.07. The van der Waals surface area contributed by atoms with Crippen LogP contribution in [-0.2, 0) is 11.2 Å². The molecule has 0 saturated heterocycles. The van der Waals surface area contributed by atoms with Crippen molar-refractivity contribution in [3.63, 3.8) is 0 Å². The standard InChI is InChI=1S/C18H29NO/c1-4-12-19-18(14(3)20-13-16-6-7-16)17-10-8-15(5-2)9-11-17/h8-11,14,16,18-19H,4-7,12-13H2,1-3H3. The smallest absolute Gasteiger partial charge is 0.0741 e. The summed E-state index contributed by atoms with van der Waals surface area (Å²) in [6.45, 7) is 8.57. The number of hydrogen-bond acceptors (Lipinski definition) is 2. The van der Waals surface area contributed by atoms with E-state index in [4.69, 9.17) is 4.74 Å². The maximum absolute atomic E-state index is 6.07. The average molecular weight is 275 g/mol. The van der Waals surface area contributed by atoms with E-state index >= 15 is 0 Å². The fourth-order valence-corrected chi connectivity index (χ4v) is 2.48. The summed E-state index contributed by atoms with van der Waals surface area (Å²) in [7, 11) is 0. The van der Waals surface area contributed by atoms with Crippen LogP contribution in [0.25, 0.3) is 0 Å². The summed E-state index contributed by atoms with van der Waals surface area (Å²) in [4.78, 5) is 0. The second kappa shape index (κ2) is 7.80. The van der Waals surface area contributed by atoms with Crippen LogP contribution in [0.2, 0.25) is 0 Å². The van der Waals surface area contributed by atoms with Crippen LogP contribution in [-0.4, -0.2) is 19.3 Å². The summed E-state index contributed by atoms with van der Waals surface area (Å²) in [5, 5.41) is 3.64. The molecule has 1 aliphatic rings. The molecule has 2 rings (SSSR count). The molecule has 2 atom stereocenters. The van der Waals surface area contributed by atoms with E-state index in [2.05, 4.69) is 50.4 Å². The molecule has 1 fully saturated rings. The first-order chi connectivity index (χ1) is 9.74. The zero-order valence-corrected chi connectivity index (χ0v) is 13.2. The molecular formula is C18H29NO. The van der Waals surface area contributed by atoms with Gasteiger partial charge >= 0.3 is 0 Å². The van der Waals surface area contributed by atoms with Crippen molar-refractivity contribution in [1.29, 1.82) is 0 Å². The maximum Gasteiger partial charge on any atom is 0.0741 e. The molecule has 112 valence electrons. The second-order valence-electron chi connectivity index (χ2n) is 6.01. The third-order valence-electron chi connectivity index (χ3n) is 4.12. The molecule has 0 bridgehead atoms. The highest BCUT2D eigenvalue weighted by Crippen LogP contribution is 2.30. The Bertz CT molecular complexity index is 383. The Kier molecular flexibility index (Phi) is 6.06. The molecule has 1 saturated carbocycles. The van der Waals surface area contributed by atoms with Crippen molar-refractivity contribution < 1.29 is 4.74 Å². The van der Waals surface area contributed by atoms with Crippen LogP contribution < -0.4 is 5.32 Å².